The quantitative estimate of drug-likeness (QED) is 0.547. The van der Waals surface area contributed by atoms with Gasteiger partial charge in [0.15, 0.2) is 0 Å². The summed E-state index contributed by atoms with van der Waals surface area (Å²) in [6.07, 6.45) is 1.16. The molecule has 5 nitrogen and oxygen atoms in total. The van der Waals surface area contributed by atoms with Crippen LogP contribution >= 0.6 is 0 Å². The maximum atomic E-state index is 13.3. The number of hydrogen-bond acceptors (Lipinski definition) is 3. The van der Waals surface area contributed by atoms with Crippen LogP contribution in [0.3, 0.4) is 0 Å². The molecule has 3 aromatic carbocycles. The second-order valence-corrected chi connectivity index (χ2v) is 10.2. The van der Waals surface area contributed by atoms with E-state index in [0.29, 0.717) is 11.3 Å². The van der Waals surface area contributed by atoms with Gasteiger partial charge < -0.3 is 5.32 Å². The van der Waals surface area contributed by atoms with Gasteiger partial charge >= 0.3 is 0 Å². The zero-order chi connectivity index (χ0) is 23.5. The summed E-state index contributed by atoms with van der Waals surface area (Å²) >= 11 is 0. The minimum Gasteiger partial charge on any atom is -0.345 e. The van der Waals surface area contributed by atoms with E-state index in [1.54, 1.807) is 24.3 Å². The molecular formula is C26H30N2O3S. The molecule has 0 radical (unpaired) electrons. The highest BCUT2D eigenvalue weighted by molar-refractivity contribution is 7.92. The molecule has 0 fully saturated rings. The minimum absolute atomic E-state index is 0.149. The van der Waals surface area contributed by atoms with Crippen molar-refractivity contribution in [2.75, 3.05) is 10.6 Å². The van der Waals surface area contributed by atoms with Gasteiger partial charge in [0.2, 0.25) is 10.0 Å². The number of anilines is 1. The van der Waals surface area contributed by atoms with Crippen molar-refractivity contribution < 1.29 is 13.2 Å². The van der Waals surface area contributed by atoms with Crippen LogP contribution in [0.4, 0.5) is 5.69 Å². The molecule has 3 aromatic rings. The van der Waals surface area contributed by atoms with Crippen LogP contribution in [0.25, 0.3) is 0 Å². The Kier molecular flexibility index (Phi) is 7.04. The zero-order valence-corrected chi connectivity index (χ0v) is 20.0. The van der Waals surface area contributed by atoms with Crippen LogP contribution < -0.4 is 9.62 Å². The van der Waals surface area contributed by atoms with Crippen LogP contribution in [0.15, 0.2) is 66.7 Å². The molecular weight excluding hydrogens is 420 g/mol. The third-order valence-corrected chi connectivity index (χ3v) is 6.81. The Morgan fingerprint density at radius 1 is 0.906 bits per heavy atom. The molecule has 0 spiro atoms. The van der Waals surface area contributed by atoms with Crippen molar-refractivity contribution >= 4 is 21.6 Å². The largest absolute Gasteiger partial charge is 0.345 e. The van der Waals surface area contributed by atoms with E-state index in [0.717, 1.165) is 22.9 Å². The Bertz CT molecular complexity index is 1220. The number of hydrogen-bond donors (Lipinski definition) is 1. The molecule has 6 heteroatoms. The lowest BCUT2D eigenvalue weighted by Crippen LogP contribution is -2.33. The summed E-state index contributed by atoms with van der Waals surface area (Å²) in [5, 5.41) is 3.05. The Labute approximate surface area is 191 Å². The summed E-state index contributed by atoms with van der Waals surface area (Å²) in [7, 11) is -3.62. The fraction of sp³-hybridized carbons (Fsp3) is 0.269. The van der Waals surface area contributed by atoms with Gasteiger partial charge in [-0.05, 0) is 67.6 Å². The lowest BCUT2D eigenvalue weighted by Gasteiger charge is -2.25. The highest BCUT2D eigenvalue weighted by Gasteiger charge is 2.24. The predicted octanol–water partition coefficient (Wildman–Crippen LogP) is 5.07. The van der Waals surface area contributed by atoms with Crippen LogP contribution in [0.2, 0.25) is 0 Å². The van der Waals surface area contributed by atoms with Gasteiger partial charge in [0.1, 0.15) is 0 Å². The molecule has 0 saturated heterocycles. The average Bonchev–Trinajstić information content (AvgIpc) is 2.74. The van der Waals surface area contributed by atoms with E-state index in [-0.39, 0.29) is 18.5 Å². The Morgan fingerprint density at radius 2 is 1.50 bits per heavy atom. The summed E-state index contributed by atoms with van der Waals surface area (Å²) in [4.78, 5) is 13.3. The first-order valence-electron chi connectivity index (χ1n) is 10.6. The molecule has 0 heterocycles. The summed E-state index contributed by atoms with van der Waals surface area (Å²) in [6.45, 7) is 8.24. The van der Waals surface area contributed by atoms with Gasteiger partial charge in [0.25, 0.3) is 5.91 Å². The lowest BCUT2D eigenvalue weighted by atomic mass is 9.96. The van der Waals surface area contributed by atoms with Crippen molar-refractivity contribution in [3.63, 3.8) is 0 Å². The summed E-state index contributed by atoms with van der Waals surface area (Å²) in [5.74, 6) is -0.313. The van der Waals surface area contributed by atoms with Crippen molar-refractivity contribution in [1.29, 1.82) is 0 Å². The number of carbonyl (C=O) groups excluding carboxylic acids is 1. The number of amides is 1. The topological polar surface area (TPSA) is 66.5 Å². The number of benzene rings is 3. The van der Waals surface area contributed by atoms with Gasteiger partial charge in [0.05, 0.1) is 30.1 Å². The highest BCUT2D eigenvalue weighted by atomic mass is 32.2. The van der Waals surface area contributed by atoms with Crippen LogP contribution in [0, 0.1) is 20.8 Å². The average molecular weight is 451 g/mol. The van der Waals surface area contributed by atoms with Crippen LogP contribution in [0.1, 0.15) is 51.1 Å². The third-order valence-electron chi connectivity index (χ3n) is 5.68. The third kappa shape index (κ3) is 5.37. The number of aryl methyl sites for hydroxylation is 3. The van der Waals surface area contributed by atoms with Crippen molar-refractivity contribution in [1.82, 2.24) is 5.32 Å². The van der Waals surface area contributed by atoms with Gasteiger partial charge in [-0.3, -0.25) is 9.10 Å². The van der Waals surface area contributed by atoms with E-state index >= 15 is 0 Å². The second-order valence-electron chi connectivity index (χ2n) is 8.26. The van der Waals surface area contributed by atoms with Crippen molar-refractivity contribution in [2.24, 2.45) is 0 Å². The van der Waals surface area contributed by atoms with Gasteiger partial charge in [-0.25, -0.2) is 8.42 Å². The van der Waals surface area contributed by atoms with Crippen LogP contribution in [0.5, 0.6) is 0 Å². The SMILES string of the molecule is Cc1cc(C)c(C(C)NC(=O)c2ccccc2N(Cc2ccccc2)S(C)(=O)=O)cc1C. The van der Waals surface area contributed by atoms with Crippen molar-refractivity contribution in [3.8, 4) is 0 Å². The Balaban J connectivity index is 1.94. The highest BCUT2D eigenvalue weighted by Crippen LogP contribution is 2.27. The smallest absolute Gasteiger partial charge is 0.253 e. The van der Waals surface area contributed by atoms with Crippen molar-refractivity contribution in [2.45, 2.75) is 40.3 Å². The maximum Gasteiger partial charge on any atom is 0.253 e. The fourth-order valence-corrected chi connectivity index (χ4v) is 4.72. The first-order valence-corrected chi connectivity index (χ1v) is 12.4. The number of nitrogens with zero attached hydrogens (tertiary/aromatic N) is 1. The molecule has 0 aromatic heterocycles. The van der Waals surface area contributed by atoms with E-state index < -0.39 is 10.0 Å². The second kappa shape index (κ2) is 9.57. The Hall–Kier alpha value is -3.12. The van der Waals surface area contributed by atoms with E-state index in [9.17, 15) is 13.2 Å². The molecule has 0 saturated carbocycles. The minimum atomic E-state index is -3.62. The van der Waals surface area contributed by atoms with Crippen molar-refractivity contribution in [3.05, 3.63) is 100 Å². The zero-order valence-electron chi connectivity index (χ0n) is 19.2. The molecule has 1 unspecified atom stereocenters. The number of rotatable bonds is 7. The molecule has 32 heavy (non-hydrogen) atoms. The first kappa shape index (κ1) is 23.5. The molecule has 1 amide bonds. The van der Waals surface area contributed by atoms with Gasteiger partial charge in [-0.1, -0.05) is 54.6 Å². The summed E-state index contributed by atoms with van der Waals surface area (Å²) in [5.41, 5.74) is 6.05. The number of carbonyl (C=O) groups is 1. The van der Waals surface area contributed by atoms with E-state index in [1.807, 2.05) is 44.2 Å². The fourth-order valence-electron chi connectivity index (χ4n) is 3.81. The van der Waals surface area contributed by atoms with Gasteiger partial charge in [0, 0.05) is 0 Å². The van der Waals surface area contributed by atoms with E-state index in [1.165, 1.54) is 15.4 Å². The molecule has 168 valence electrons. The molecule has 0 aliphatic heterocycles. The molecule has 1 atom stereocenters. The molecule has 1 N–H and O–H groups in total. The van der Waals surface area contributed by atoms with Gasteiger partial charge in [-0.2, -0.15) is 0 Å². The molecule has 0 bridgehead atoms. The molecule has 0 aliphatic carbocycles. The monoisotopic (exact) mass is 450 g/mol. The number of sulfonamides is 1. The standard InChI is InChI=1S/C26H30N2O3S/c1-18-15-20(3)24(16-19(18)2)21(4)27-26(29)23-13-9-10-14-25(23)28(32(5,30)31)17-22-11-7-6-8-12-22/h6-16,21H,17H2,1-5H3,(H,27,29). The summed E-state index contributed by atoms with van der Waals surface area (Å²) in [6, 6.07) is 20.1. The molecule has 0 aliphatic rings. The number of para-hydroxylation sites is 1. The normalized spacial score (nSPS) is 12.3. The van der Waals surface area contributed by atoms with Gasteiger partial charge in [-0.15, -0.1) is 0 Å². The maximum absolute atomic E-state index is 13.3. The Morgan fingerprint density at radius 3 is 2.16 bits per heavy atom. The summed E-state index contributed by atoms with van der Waals surface area (Å²) < 4.78 is 26.6. The van der Waals surface area contributed by atoms with Crippen LogP contribution in [-0.2, 0) is 16.6 Å². The van der Waals surface area contributed by atoms with E-state index in [4.69, 9.17) is 0 Å². The number of nitrogens with one attached hydrogen (secondary N) is 1. The molecule has 3 rings (SSSR count). The predicted molar refractivity (Wildman–Crippen MR) is 130 cm³/mol. The lowest BCUT2D eigenvalue weighted by molar-refractivity contribution is 0.0940. The van der Waals surface area contributed by atoms with Crippen LogP contribution in [-0.4, -0.2) is 20.6 Å². The first-order chi connectivity index (χ1) is 15.1. The van der Waals surface area contributed by atoms with E-state index in [2.05, 4.69) is 31.3 Å².